The summed E-state index contributed by atoms with van der Waals surface area (Å²) < 4.78 is 4.89. The second-order valence-electron chi connectivity index (χ2n) is 20.5. The van der Waals surface area contributed by atoms with Crippen LogP contribution in [0.3, 0.4) is 0 Å². The smallest absolute Gasteiger partial charge is 0.0542 e. The van der Waals surface area contributed by atoms with E-state index in [4.69, 9.17) is 0 Å². The lowest BCUT2D eigenvalue weighted by Gasteiger charge is -2.43. The first-order valence-electron chi connectivity index (χ1n) is 24.3. The van der Waals surface area contributed by atoms with Gasteiger partial charge in [0.05, 0.1) is 33.4 Å². The van der Waals surface area contributed by atoms with Gasteiger partial charge < -0.3 is 14.0 Å². The molecule has 2 aromatic heterocycles. The molecule has 0 N–H and O–H groups in total. The Balaban J connectivity index is 0.925. The molecule has 0 spiro atoms. The van der Waals surface area contributed by atoms with Gasteiger partial charge in [-0.3, -0.25) is 0 Å². The van der Waals surface area contributed by atoms with Crippen molar-refractivity contribution in [3.05, 3.63) is 235 Å². The molecule has 0 bridgehead atoms. The van der Waals surface area contributed by atoms with Gasteiger partial charge >= 0.3 is 0 Å². The summed E-state index contributed by atoms with van der Waals surface area (Å²) in [7, 11) is 0. The van der Waals surface area contributed by atoms with Crippen molar-refractivity contribution in [2.45, 2.75) is 38.5 Å². The third-order valence-electron chi connectivity index (χ3n) is 16.2. The van der Waals surface area contributed by atoms with E-state index in [1.165, 1.54) is 121 Å². The lowest BCUT2D eigenvalue weighted by Crippen LogP contribution is -2.31. The molecular formula is C66H47N3. The van der Waals surface area contributed by atoms with Gasteiger partial charge in [0, 0.05) is 49.4 Å². The summed E-state index contributed by atoms with van der Waals surface area (Å²) in [6.07, 6.45) is 0. The second kappa shape index (κ2) is 13.6. The van der Waals surface area contributed by atoms with Gasteiger partial charge in [-0.2, -0.15) is 0 Å². The molecule has 0 fully saturated rings. The Morgan fingerprint density at radius 3 is 1.35 bits per heavy atom. The van der Waals surface area contributed by atoms with Gasteiger partial charge in [-0.05, 0) is 151 Å². The van der Waals surface area contributed by atoms with Gasteiger partial charge in [0.1, 0.15) is 0 Å². The third kappa shape index (κ3) is 5.12. The van der Waals surface area contributed by atoms with E-state index in [9.17, 15) is 0 Å². The Labute approximate surface area is 400 Å². The number of rotatable bonds is 3. The molecule has 11 aromatic carbocycles. The maximum atomic E-state index is 2.56. The summed E-state index contributed by atoms with van der Waals surface area (Å²) in [5.41, 5.74) is 18.4. The van der Waals surface area contributed by atoms with E-state index in [2.05, 4.69) is 254 Å². The zero-order valence-electron chi connectivity index (χ0n) is 39.0. The van der Waals surface area contributed by atoms with Gasteiger partial charge in [0.25, 0.3) is 0 Å². The van der Waals surface area contributed by atoms with Crippen LogP contribution in [-0.4, -0.2) is 9.13 Å². The zero-order valence-corrected chi connectivity index (χ0v) is 39.0. The first kappa shape index (κ1) is 38.7. The van der Waals surface area contributed by atoms with Crippen molar-refractivity contribution in [3.8, 4) is 22.5 Å². The van der Waals surface area contributed by atoms with Crippen LogP contribution in [0.15, 0.2) is 212 Å². The molecule has 15 rings (SSSR count). The molecule has 0 amide bonds. The van der Waals surface area contributed by atoms with Crippen molar-refractivity contribution in [2.24, 2.45) is 0 Å². The minimum absolute atomic E-state index is 0.226. The van der Waals surface area contributed by atoms with Crippen LogP contribution >= 0.6 is 0 Å². The van der Waals surface area contributed by atoms with Gasteiger partial charge in [-0.25, -0.2) is 0 Å². The molecule has 0 saturated carbocycles. The van der Waals surface area contributed by atoms with Crippen LogP contribution in [0.2, 0.25) is 0 Å². The first-order valence-corrected chi connectivity index (χ1v) is 24.3. The second-order valence-corrected chi connectivity index (χ2v) is 20.5. The highest BCUT2D eigenvalue weighted by Crippen LogP contribution is 2.58. The fourth-order valence-electron chi connectivity index (χ4n) is 13.0. The van der Waals surface area contributed by atoms with E-state index < -0.39 is 0 Å². The monoisotopic (exact) mass is 881 g/mol. The number of anilines is 3. The van der Waals surface area contributed by atoms with E-state index >= 15 is 0 Å². The van der Waals surface area contributed by atoms with Crippen molar-refractivity contribution in [1.29, 1.82) is 0 Å². The zero-order chi connectivity index (χ0) is 45.9. The molecule has 2 aliphatic rings. The summed E-state index contributed by atoms with van der Waals surface area (Å²) >= 11 is 0. The Bertz CT molecular complexity index is 4330. The number of nitrogens with zero attached hydrogens (tertiary/aromatic N) is 3. The minimum Gasteiger partial charge on any atom is -0.310 e. The molecule has 1 aliphatic heterocycles. The molecule has 0 unspecified atom stereocenters. The van der Waals surface area contributed by atoms with E-state index in [0.717, 1.165) is 17.1 Å². The average Bonchev–Trinajstić information content (AvgIpc) is 3.98. The standard InChI is InChI=1S/C66H47N3/c1-65(2)55-27-12-16-31-63(55)69(64-39-57-53(38-58(64)65)52-36-50-45-22-7-5-20-43(45)44-21-6-8-23-46(44)51(50)37-56(52)66(57,3)4)41-19-17-18-40(34-41)67-61-30-15-11-26-49(61)54-35-42(32-33-62(54)67)68-59-28-13-9-24-47(59)48-25-10-14-29-60(48)68/h5-39H,1-4H3. The summed E-state index contributed by atoms with van der Waals surface area (Å²) in [4.78, 5) is 2.55. The van der Waals surface area contributed by atoms with E-state index in [0.29, 0.717) is 0 Å². The SMILES string of the molecule is CC1(C)c2cc3c(cc2-c2cc4c5ccccc5c5ccccc5c4cc21)C(C)(C)c1ccccc1N3c1cccc(-n2c3ccccc3c3cc(-n4c5ccccc5c5ccccc54)ccc32)c1. The van der Waals surface area contributed by atoms with Crippen LogP contribution < -0.4 is 4.90 Å². The topological polar surface area (TPSA) is 13.1 Å². The number of fused-ring (bicyclic) bond motifs is 17. The van der Waals surface area contributed by atoms with Crippen LogP contribution in [0.5, 0.6) is 0 Å². The molecule has 326 valence electrons. The lowest BCUT2D eigenvalue weighted by molar-refractivity contribution is 0.627. The maximum Gasteiger partial charge on any atom is 0.0542 e. The lowest BCUT2D eigenvalue weighted by atomic mass is 9.72. The predicted molar refractivity (Wildman–Crippen MR) is 292 cm³/mol. The fourth-order valence-corrected chi connectivity index (χ4v) is 13.0. The molecule has 0 radical (unpaired) electrons. The van der Waals surface area contributed by atoms with Crippen LogP contribution in [0.1, 0.15) is 49.9 Å². The Morgan fingerprint density at radius 1 is 0.261 bits per heavy atom. The molecule has 1 aliphatic carbocycles. The van der Waals surface area contributed by atoms with Gasteiger partial charge in [0.15, 0.2) is 0 Å². The van der Waals surface area contributed by atoms with Crippen molar-refractivity contribution < 1.29 is 0 Å². The highest BCUT2D eigenvalue weighted by Gasteiger charge is 2.42. The van der Waals surface area contributed by atoms with E-state index in [1.807, 2.05) is 0 Å². The molecular weight excluding hydrogens is 835 g/mol. The molecule has 3 nitrogen and oxygen atoms in total. The number of para-hydroxylation sites is 4. The number of hydrogen-bond donors (Lipinski definition) is 0. The summed E-state index contributed by atoms with van der Waals surface area (Å²) in [5, 5.41) is 12.9. The highest BCUT2D eigenvalue weighted by atomic mass is 15.2. The van der Waals surface area contributed by atoms with Crippen molar-refractivity contribution in [2.75, 3.05) is 4.90 Å². The molecule has 69 heavy (non-hydrogen) atoms. The quantitative estimate of drug-likeness (QED) is 0.161. The van der Waals surface area contributed by atoms with Crippen molar-refractivity contribution in [1.82, 2.24) is 9.13 Å². The van der Waals surface area contributed by atoms with Gasteiger partial charge in [-0.1, -0.05) is 155 Å². The van der Waals surface area contributed by atoms with E-state index in [-0.39, 0.29) is 10.8 Å². The van der Waals surface area contributed by atoms with Gasteiger partial charge in [-0.15, -0.1) is 0 Å². The minimum atomic E-state index is -0.247. The summed E-state index contributed by atoms with van der Waals surface area (Å²) in [5.74, 6) is 0. The number of hydrogen-bond acceptors (Lipinski definition) is 1. The number of aromatic nitrogens is 2. The number of benzene rings is 11. The van der Waals surface area contributed by atoms with Crippen LogP contribution in [-0.2, 0) is 10.8 Å². The van der Waals surface area contributed by atoms with Crippen molar-refractivity contribution >= 4 is 93.0 Å². The van der Waals surface area contributed by atoms with E-state index in [1.54, 1.807) is 0 Å². The fraction of sp³-hybridized carbons (Fsp3) is 0.0909. The average molecular weight is 882 g/mol. The normalized spacial score (nSPS) is 14.6. The first-order chi connectivity index (χ1) is 33.8. The van der Waals surface area contributed by atoms with Crippen LogP contribution in [0, 0.1) is 0 Å². The Hall–Kier alpha value is -8.40. The molecule has 13 aromatic rings. The molecule has 0 atom stereocenters. The van der Waals surface area contributed by atoms with Crippen LogP contribution in [0.25, 0.3) is 98.4 Å². The third-order valence-corrected chi connectivity index (χ3v) is 16.2. The highest BCUT2D eigenvalue weighted by molar-refractivity contribution is 6.26. The summed E-state index contributed by atoms with van der Waals surface area (Å²) in [6.45, 7) is 9.69. The van der Waals surface area contributed by atoms with Gasteiger partial charge in [0.2, 0.25) is 0 Å². The Kier molecular flexibility index (Phi) is 7.63. The molecule has 0 saturated heterocycles. The largest absolute Gasteiger partial charge is 0.310 e. The molecule has 3 heterocycles. The predicted octanol–water partition coefficient (Wildman–Crippen LogP) is 17.8. The maximum absolute atomic E-state index is 2.56. The Morgan fingerprint density at radius 2 is 0.710 bits per heavy atom. The van der Waals surface area contributed by atoms with Crippen LogP contribution in [0.4, 0.5) is 17.1 Å². The van der Waals surface area contributed by atoms with Crippen molar-refractivity contribution in [3.63, 3.8) is 0 Å². The molecule has 3 heteroatoms. The summed E-state index contributed by atoms with van der Waals surface area (Å²) in [6, 6.07) is 79.8.